The number of para-hydroxylation sites is 2. The van der Waals surface area contributed by atoms with Crippen molar-refractivity contribution in [1.82, 2.24) is 4.98 Å². The first kappa shape index (κ1) is 19.8. The summed E-state index contributed by atoms with van der Waals surface area (Å²) >= 11 is 0. The van der Waals surface area contributed by atoms with E-state index in [2.05, 4.69) is 4.98 Å². The Labute approximate surface area is 185 Å². The van der Waals surface area contributed by atoms with Gasteiger partial charge >= 0.3 is 5.97 Å². The maximum absolute atomic E-state index is 12.6. The predicted molar refractivity (Wildman–Crippen MR) is 120 cm³/mol. The Bertz CT molecular complexity index is 1300. The molecule has 1 amide bonds. The number of hydrogen-bond donors (Lipinski definition) is 0. The van der Waals surface area contributed by atoms with Gasteiger partial charge in [-0.05, 0) is 54.4 Å². The topological polar surface area (TPSA) is 68.7 Å². The molecule has 0 aliphatic carbocycles. The van der Waals surface area contributed by atoms with E-state index in [1.165, 1.54) is 0 Å². The van der Waals surface area contributed by atoms with E-state index in [-0.39, 0.29) is 5.91 Å². The highest BCUT2D eigenvalue weighted by molar-refractivity contribution is 5.99. The Kier molecular flexibility index (Phi) is 5.25. The summed E-state index contributed by atoms with van der Waals surface area (Å²) in [4.78, 5) is 34.9. The summed E-state index contributed by atoms with van der Waals surface area (Å²) in [6.45, 7) is 0.313. The van der Waals surface area contributed by atoms with Gasteiger partial charge in [-0.1, -0.05) is 42.5 Å². The molecule has 0 fully saturated rings. The number of carbonyl (C=O) groups excluding carboxylic acids is 2. The van der Waals surface area contributed by atoms with E-state index in [0.29, 0.717) is 36.4 Å². The lowest BCUT2D eigenvalue weighted by atomic mass is 10.0. The fourth-order valence-electron chi connectivity index (χ4n) is 3.67. The molecule has 6 nitrogen and oxygen atoms in total. The van der Waals surface area contributed by atoms with Gasteiger partial charge in [-0.25, -0.2) is 9.78 Å². The van der Waals surface area contributed by atoms with E-state index in [4.69, 9.17) is 9.57 Å². The van der Waals surface area contributed by atoms with Gasteiger partial charge in [0.15, 0.2) is 0 Å². The maximum atomic E-state index is 12.6. The van der Waals surface area contributed by atoms with E-state index in [9.17, 15) is 9.59 Å². The molecular weight excluding hydrogens is 404 g/mol. The second-order valence-corrected chi connectivity index (χ2v) is 7.50. The van der Waals surface area contributed by atoms with Crippen LogP contribution in [0.5, 0.6) is 5.75 Å². The van der Waals surface area contributed by atoms with Crippen molar-refractivity contribution >= 4 is 28.5 Å². The van der Waals surface area contributed by atoms with Crippen molar-refractivity contribution < 1.29 is 19.2 Å². The molecule has 5 rings (SSSR count). The molecular formula is C26H20N2O4. The molecule has 158 valence electrons. The number of benzene rings is 3. The molecule has 32 heavy (non-hydrogen) atoms. The zero-order chi connectivity index (χ0) is 21.9. The van der Waals surface area contributed by atoms with E-state index >= 15 is 0 Å². The zero-order valence-corrected chi connectivity index (χ0v) is 17.2. The number of fused-ring (bicyclic) bond motifs is 2. The molecule has 0 radical (unpaired) electrons. The fraction of sp³-hybridized carbons (Fsp3) is 0.115. The SMILES string of the molecule is O=C(ON1C(=O)CCc2ccccc21)c1ccc(OCc2ccc3ccccc3n2)cc1. The quantitative estimate of drug-likeness (QED) is 0.457. The number of aryl methyl sites for hydroxylation is 1. The van der Waals surface area contributed by atoms with Crippen LogP contribution < -0.4 is 9.80 Å². The fourth-order valence-corrected chi connectivity index (χ4v) is 3.67. The average molecular weight is 424 g/mol. The zero-order valence-electron chi connectivity index (χ0n) is 17.2. The largest absolute Gasteiger partial charge is 0.487 e. The second kappa shape index (κ2) is 8.51. The Balaban J connectivity index is 1.24. The summed E-state index contributed by atoms with van der Waals surface area (Å²) in [5.41, 5.74) is 3.65. The lowest BCUT2D eigenvalue weighted by molar-refractivity contribution is -0.124. The minimum atomic E-state index is -0.599. The number of amides is 1. The molecule has 4 aromatic rings. The lowest BCUT2D eigenvalue weighted by Crippen LogP contribution is -2.37. The number of hydrogen-bond acceptors (Lipinski definition) is 5. The van der Waals surface area contributed by atoms with Crippen molar-refractivity contribution in [2.24, 2.45) is 0 Å². The molecule has 3 aromatic carbocycles. The van der Waals surface area contributed by atoms with Crippen LogP contribution >= 0.6 is 0 Å². The van der Waals surface area contributed by atoms with Crippen LogP contribution in [-0.4, -0.2) is 16.9 Å². The summed E-state index contributed by atoms with van der Waals surface area (Å²) in [6, 6.07) is 25.9. The molecule has 6 heteroatoms. The first-order valence-corrected chi connectivity index (χ1v) is 10.4. The molecule has 0 bridgehead atoms. The number of ether oxygens (including phenoxy) is 1. The third-order valence-corrected chi connectivity index (χ3v) is 5.35. The standard InChI is InChI=1S/C26H20N2O4/c29-25-16-12-19-6-2-4-8-24(19)28(25)32-26(30)20-10-14-22(15-11-20)31-17-21-13-9-18-5-1-3-7-23(18)27-21/h1-11,13-15H,12,16-17H2. The summed E-state index contributed by atoms with van der Waals surface area (Å²) < 4.78 is 5.81. The molecule has 2 heterocycles. The molecule has 0 unspecified atom stereocenters. The third-order valence-electron chi connectivity index (χ3n) is 5.35. The smallest absolute Gasteiger partial charge is 0.363 e. The van der Waals surface area contributed by atoms with Gasteiger partial charge in [-0.3, -0.25) is 4.79 Å². The molecule has 0 spiro atoms. The number of hydroxylamine groups is 1. The lowest BCUT2D eigenvalue weighted by Gasteiger charge is -2.27. The Hall–Kier alpha value is -4.19. The van der Waals surface area contributed by atoms with Crippen LogP contribution in [0, 0.1) is 0 Å². The van der Waals surface area contributed by atoms with Crippen LogP contribution in [0.3, 0.4) is 0 Å². The van der Waals surface area contributed by atoms with Gasteiger partial charge in [-0.15, -0.1) is 5.06 Å². The molecule has 0 saturated carbocycles. The molecule has 0 N–H and O–H groups in total. The second-order valence-electron chi connectivity index (χ2n) is 7.50. The monoisotopic (exact) mass is 424 g/mol. The maximum Gasteiger partial charge on any atom is 0.363 e. The average Bonchev–Trinajstić information content (AvgIpc) is 2.84. The highest BCUT2D eigenvalue weighted by Crippen LogP contribution is 2.28. The first-order chi connectivity index (χ1) is 15.7. The summed E-state index contributed by atoms with van der Waals surface area (Å²) in [6.07, 6.45) is 0.945. The van der Waals surface area contributed by atoms with E-state index in [1.54, 1.807) is 30.3 Å². The molecule has 1 aliphatic heterocycles. The van der Waals surface area contributed by atoms with Crippen LogP contribution in [0.2, 0.25) is 0 Å². The number of rotatable bonds is 5. The van der Waals surface area contributed by atoms with Crippen LogP contribution in [0.25, 0.3) is 10.9 Å². The molecule has 0 saturated heterocycles. The van der Waals surface area contributed by atoms with Crippen LogP contribution in [-0.2, 0) is 22.7 Å². The van der Waals surface area contributed by atoms with Gasteiger partial charge in [0, 0.05) is 11.8 Å². The van der Waals surface area contributed by atoms with Crippen molar-refractivity contribution in [1.29, 1.82) is 0 Å². The van der Waals surface area contributed by atoms with Crippen molar-refractivity contribution in [3.63, 3.8) is 0 Å². The Morgan fingerprint density at radius 1 is 0.875 bits per heavy atom. The molecule has 1 aliphatic rings. The van der Waals surface area contributed by atoms with Crippen molar-refractivity contribution in [3.05, 3.63) is 102 Å². The summed E-state index contributed by atoms with van der Waals surface area (Å²) in [5.74, 6) is -0.228. The van der Waals surface area contributed by atoms with Crippen LogP contribution in [0.15, 0.2) is 84.9 Å². The van der Waals surface area contributed by atoms with E-state index < -0.39 is 5.97 Å². The number of aromatic nitrogens is 1. The highest BCUT2D eigenvalue weighted by Gasteiger charge is 2.27. The number of pyridine rings is 1. The van der Waals surface area contributed by atoms with E-state index in [1.807, 2.05) is 54.6 Å². The van der Waals surface area contributed by atoms with Gasteiger partial charge in [0.1, 0.15) is 12.4 Å². The number of nitrogens with zero attached hydrogens (tertiary/aromatic N) is 2. The summed E-state index contributed by atoms with van der Waals surface area (Å²) in [7, 11) is 0. The van der Waals surface area contributed by atoms with Crippen molar-refractivity contribution in [3.8, 4) is 5.75 Å². The van der Waals surface area contributed by atoms with Gasteiger partial charge in [0.25, 0.3) is 5.91 Å². The highest BCUT2D eigenvalue weighted by atomic mass is 16.7. The molecule has 0 atom stereocenters. The third kappa shape index (κ3) is 4.03. The number of anilines is 1. The van der Waals surface area contributed by atoms with Gasteiger partial charge in [0.05, 0.1) is 22.5 Å². The normalized spacial score (nSPS) is 13.0. The Morgan fingerprint density at radius 3 is 2.53 bits per heavy atom. The van der Waals surface area contributed by atoms with Crippen LogP contribution in [0.1, 0.15) is 28.0 Å². The minimum absolute atomic E-state index is 0.236. The minimum Gasteiger partial charge on any atom is -0.487 e. The Morgan fingerprint density at radius 2 is 1.66 bits per heavy atom. The van der Waals surface area contributed by atoms with Gasteiger partial charge < -0.3 is 9.57 Å². The van der Waals surface area contributed by atoms with Gasteiger partial charge in [-0.2, -0.15) is 0 Å². The predicted octanol–water partition coefficient (Wildman–Crippen LogP) is 4.87. The van der Waals surface area contributed by atoms with Crippen molar-refractivity contribution in [2.45, 2.75) is 19.4 Å². The van der Waals surface area contributed by atoms with Gasteiger partial charge in [0.2, 0.25) is 0 Å². The first-order valence-electron chi connectivity index (χ1n) is 10.4. The van der Waals surface area contributed by atoms with Crippen LogP contribution in [0.4, 0.5) is 5.69 Å². The van der Waals surface area contributed by atoms with Crippen molar-refractivity contribution in [2.75, 3.05) is 5.06 Å². The molecule has 1 aromatic heterocycles. The van der Waals surface area contributed by atoms with E-state index in [0.717, 1.165) is 27.2 Å². The summed E-state index contributed by atoms with van der Waals surface area (Å²) in [5, 5.41) is 2.17. The number of carbonyl (C=O) groups is 2.